The summed E-state index contributed by atoms with van der Waals surface area (Å²) in [5.74, 6) is 0.507. The standard InChI is InChI=1S/C11H12Cl2O4S/c12-9-1-2-10(11(5-9)18(13,14)15)17-7-8-3-4-16-6-8/h1-2,5,8H,3-4,6-7H2. The summed E-state index contributed by atoms with van der Waals surface area (Å²) in [5.41, 5.74) is 0. The van der Waals surface area contributed by atoms with Gasteiger partial charge in [0, 0.05) is 28.2 Å². The molecule has 1 saturated heterocycles. The maximum atomic E-state index is 11.4. The Hall–Kier alpha value is -0.490. The van der Waals surface area contributed by atoms with Crippen molar-refractivity contribution in [3.05, 3.63) is 23.2 Å². The van der Waals surface area contributed by atoms with Crippen molar-refractivity contribution in [2.24, 2.45) is 5.92 Å². The highest BCUT2D eigenvalue weighted by Gasteiger charge is 2.20. The molecule has 0 radical (unpaired) electrons. The van der Waals surface area contributed by atoms with Gasteiger partial charge < -0.3 is 9.47 Å². The molecule has 2 rings (SSSR count). The molecule has 4 nitrogen and oxygen atoms in total. The normalized spacial score (nSPS) is 20.0. The van der Waals surface area contributed by atoms with Crippen LogP contribution >= 0.6 is 22.3 Å². The third-order valence-corrected chi connectivity index (χ3v) is 4.25. The summed E-state index contributed by atoms with van der Waals surface area (Å²) >= 11 is 5.75. The number of halogens is 2. The minimum Gasteiger partial charge on any atom is -0.492 e. The predicted molar refractivity (Wildman–Crippen MR) is 68.9 cm³/mol. The minimum atomic E-state index is -3.87. The van der Waals surface area contributed by atoms with Gasteiger partial charge in [-0.05, 0) is 24.6 Å². The van der Waals surface area contributed by atoms with E-state index in [1.54, 1.807) is 6.07 Å². The third-order valence-electron chi connectivity index (χ3n) is 2.67. The molecule has 1 atom stereocenters. The van der Waals surface area contributed by atoms with E-state index in [-0.39, 0.29) is 16.6 Å². The first-order chi connectivity index (χ1) is 8.47. The summed E-state index contributed by atoms with van der Waals surface area (Å²) in [5, 5.41) is 0.297. The largest absolute Gasteiger partial charge is 0.492 e. The van der Waals surface area contributed by atoms with Gasteiger partial charge in [-0.15, -0.1) is 0 Å². The van der Waals surface area contributed by atoms with Gasteiger partial charge in [0.15, 0.2) is 0 Å². The highest BCUT2D eigenvalue weighted by molar-refractivity contribution is 8.13. The first kappa shape index (κ1) is 13.9. The Bertz CT molecular complexity index is 524. The smallest absolute Gasteiger partial charge is 0.265 e. The molecule has 0 aromatic heterocycles. The molecule has 1 aromatic rings. The van der Waals surface area contributed by atoms with Crippen LogP contribution in [0.5, 0.6) is 5.75 Å². The molecule has 100 valence electrons. The van der Waals surface area contributed by atoms with Gasteiger partial charge in [0.1, 0.15) is 10.6 Å². The lowest BCUT2D eigenvalue weighted by Crippen LogP contribution is -2.12. The zero-order valence-corrected chi connectivity index (χ0v) is 11.8. The van der Waals surface area contributed by atoms with Gasteiger partial charge in [-0.2, -0.15) is 0 Å². The van der Waals surface area contributed by atoms with E-state index in [4.69, 9.17) is 31.8 Å². The summed E-state index contributed by atoms with van der Waals surface area (Å²) in [4.78, 5) is -0.101. The molecule has 1 fully saturated rings. The highest BCUT2D eigenvalue weighted by atomic mass is 35.7. The molecule has 1 aliphatic heterocycles. The van der Waals surface area contributed by atoms with Gasteiger partial charge in [-0.3, -0.25) is 0 Å². The summed E-state index contributed by atoms with van der Waals surface area (Å²) in [6, 6.07) is 4.35. The second-order valence-corrected chi connectivity index (χ2v) is 7.04. The predicted octanol–water partition coefficient (Wildman–Crippen LogP) is 2.68. The highest BCUT2D eigenvalue weighted by Crippen LogP contribution is 2.30. The van der Waals surface area contributed by atoms with Crippen LogP contribution in [0, 0.1) is 5.92 Å². The topological polar surface area (TPSA) is 52.6 Å². The Kier molecular flexibility index (Phi) is 4.37. The Labute approximate surface area is 115 Å². The molecule has 1 heterocycles. The Morgan fingerprint density at radius 2 is 2.22 bits per heavy atom. The quantitative estimate of drug-likeness (QED) is 0.802. The molecule has 1 aromatic carbocycles. The minimum absolute atomic E-state index is 0.101. The van der Waals surface area contributed by atoms with Crippen LogP contribution in [-0.4, -0.2) is 28.2 Å². The molecule has 1 unspecified atom stereocenters. The molecule has 18 heavy (non-hydrogen) atoms. The zero-order valence-electron chi connectivity index (χ0n) is 9.43. The van der Waals surface area contributed by atoms with Crippen LogP contribution in [0.4, 0.5) is 0 Å². The van der Waals surface area contributed by atoms with E-state index in [0.717, 1.165) is 13.0 Å². The molecule has 0 aliphatic carbocycles. The summed E-state index contributed by atoms with van der Waals surface area (Å²) in [6.45, 7) is 1.76. The van der Waals surface area contributed by atoms with Crippen LogP contribution in [0.25, 0.3) is 0 Å². The fourth-order valence-electron chi connectivity index (χ4n) is 1.71. The average Bonchev–Trinajstić information content (AvgIpc) is 2.79. The van der Waals surface area contributed by atoms with E-state index < -0.39 is 9.05 Å². The van der Waals surface area contributed by atoms with Gasteiger partial charge in [0.2, 0.25) is 0 Å². The van der Waals surface area contributed by atoms with Crippen molar-refractivity contribution in [1.29, 1.82) is 0 Å². The number of hydrogen-bond donors (Lipinski definition) is 0. The number of ether oxygens (including phenoxy) is 2. The van der Waals surface area contributed by atoms with E-state index in [9.17, 15) is 8.42 Å². The Morgan fingerprint density at radius 3 is 2.83 bits per heavy atom. The molecule has 0 saturated carbocycles. The number of benzene rings is 1. The van der Waals surface area contributed by atoms with Crippen molar-refractivity contribution < 1.29 is 17.9 Å². The van der Waals surface area contributed by atoms with E-state index in [1.807, 2.05) is 0 Å². The summed E-state index contributed by atoms with van der Waals surface area (Å²) in [7, 11) is 1.47. The van der Waals surface area contributed by atoms with Crippen molar-refractivity contribution in [3.63, 3.8) is 0 Å². The monoisotopic (exact) mass is 310 g/mol. The van der Waals surface area contributed by atoms with E-state index in [1.165, 1.54) is 12.1 Å². The van der Waals surface area contributed by atoms with E-state index >= 15 is 0 Å². The maximum Gasteiger partial charge on any atom is 0.265 e. The Balaban J connectivity index is 2.16. The van der Waals surface area contributed by atoms with Crippen molar-refractivity contribution in [2.45, 2.75) is 11.3 Å². The van der Waals surface area contributed by atoms with Crippen LogP contribution in [0.15, 0.2) is 23.1 Å². The SMILES string of the molecule is O=S(=O)(Cl)c1cc(Cl)ccc1OCC1CCOC1. The molecule has 1 aliphatic rings. The number of rotatable bonds is 4. The van der Waals surface area contributed by atoms with Crippen LogP contribution in [-0.2, 0) is 13.8 Å². The Morgan fingerprint density at radius 1 is 1.44 bits per heavy atom. The third kappa shape index (κ3) is 3.51. The molecule has 0 bridgehead atoms. The molecular formula is C11H12Cl2O4S. The van der Waals surface area contributed by atoms with Gasteiger partial charge >= 0.3 is 0 Å². The van der Waals surface area contributed by atoms with E-state index in [0.29, 0.717) is 18.2 Å². The molecule has 7 heteroatoms. The van der Waals surface area contributed by atoms with Crippen molar-refractivity contribution in [2.75, 3.05) is 19.8 Å². The van der Waals surface area contributed by atoms with Gasteiger partial charge in [-0.25, -0.2) is 8.42 Å². The fraction of sp³-hybridized carbons (Fsp3) is 0.455. The van der Waals surface area contributed by atoms with Crippen LogP contribution in [0.3, 0.4) is 0 Å². The molecule has 0 amide bonds. The summed E-state index contributed by atoms with van der Waals surface area (Å²) in [6.07, 6.45) is 0.913. The maximum absolute atomic E-state index is 11.4. The fourth-order valence-corrected chi connectivity index (χ4v) is 2.95. The van der Waals surface area contributed by atoms with Crippen molar-refractivity contribution in [1.82, 2.24) is 0 Å². The summed E-state index contributed by atoms with van der Waals surface area (Å²) < 4.78 is 33.5. The molecule has 0 spiro atoms. The van der Waals surface area contributed by atoms with Crippen molar-refractivity contribution in [3.8, 4) is 5.75 Å². The second-order valence-electron chi connectivity index (χ2n) is 4.07. The van der Waals surface area contributed by atoms with Crippen LogP contribution < -0.4 is 4.74 Å². The van der Waals surface area contributed by atoms with Crippen molar-refractivity contribution >= 4 is 31.3 Å². The van der Waals surface area contributed by atoms with Gasteiger partial charge in [0.25, 0.3) is 9.05 Å². The van der Waals surface area contributed by atoms with Gasteiger partial charge in [-0.1, -0.05) is 11.6 Å². The molecule has 0 N–H and O–H groups in total. The van der Waals surface area contributed by atoms with Crippen LogP contribution in [0.1, 0.15) is 6.42 Å². The van der Waals surface area contributed by atoms with Crippen LogP contribution in [0.2, 0.25) is 5.02 Å². The lowest BCUT2D eigenvalue weighted by Gasteiger charge is -2.12. The number of hydrogen-bond acceptors (Lipinski definition) is 4. The van der Waals surface area contributed by atoms with Gasteiger partial charge in [0.05, 0.1) is 13.2 Å². The average molecular weight is 311 g/mol. The lowest BCUT2D eigenvalue weighted by molar-refractivity contribution is 0.166. The zero-order chi connectivity index (χ0) is 13.2. The van der Waals surface area contributed by atoms with E-state index in [2.05, 4.69) is 0 Å². The second kappa shape index (κ2) is 5.65. The first-order valence-electron chi connectivity index (χ1n) is 5.41. The first-order valence-corrected chi connectivity index (χ1v) is 8.10. The molecular weight excluding hydrogens is 299 g/mol. The lowest BCUT2D eigenvalue weighted by atomic mass is 10.1.